The van der Waals surface area contributed by atoms with Gasteiger partial charge in [0, 0.05) is 24.5 Å². The summed E-state index contributed by atoms with van der Waals surface area (Å²) in [5.74, 6) is 2.90. The second kappa shape index (κ2) is 10.6. The summed E-state index contributed by atoms with van der Waals surface area (Å²) >= 11 is 3.53. The van der Waals surface area contributed by atoms with Crippen molar-refractivity contribution in [1.29, 1.82) is 0 Å². The molecule has 8 nitrogen and oxygen atoms in total. The van der Waals surface area contributed by atoms with Crippen molar-refractivity contribution < 1.29 is 4.42 Å². The Morgan fingerprint density at radius 1 is 0.881 bits per heavy atom. The number of aromatic nitrogens is 2. The fourth-order valence-electron chi connectivity index (χ4n) is 5.77. The van der Waals surface area contributed by atoms with E-state index < -0.39 is 0 Å². The van der Waals surface area contributed by atoms with Gasteiger partial charge >= 0.3 is 0 Å². The molecule has 0 saturated heterocycles. The lowest BCUT2D eigenvalue weighted by Gasteiger charge is -2.39. The maximum Gasteiger partial charge on any atom is 0.179 e. The van der Waals surface area contributed by atoms with E-state index in [9.17, 15) is 0 Å². The van der Waals surface area contributed by atoms with Gasteiger partial charge in [-0.25, -0.2) is 14.7 Å². The molecule has 0 saturated carbocycles. The molecule has 1 atom stereocenters. The van der Waals surface area contributed by atoms with E-state index >= 15 is 0 Å². The molecular weight excluding hydrogens is 590 g/mol. The van der Waals surface area contributed by atoms with Crippen LogP contribution in [-0.4, -0.2) is 34.5 Å². The van der Waals surface area contributed by atoms with E-state index in [4.69, 9.17) is 19.5 Å². The van der Waals surface area contributed by atoms with Gasteiger partial charge in [-0.3, -0.25) is 0 Å². The monoisotopic (exact) mass is 619 g/mol. The summed E-state index contributed by atoms with van der Waals surface area (Å²) in [4.78, 5) is 14.9. The van der Waals surface area contributed by atoms with Gasteiger partial charge in [-0.2, -0.15) is 5.10 Å². The van der Waals surface area contributed by atoms with E-state index in [1.165, 1.54) is 5.69 Å². The quantitative estimate of drug-likeness (QED) is 0.207. The Bertz CT molecular complexity index is 1820. The lowest BCUT2D eigenvalue weighted by Crippen LogP contribution is -2.46. The van der Waals surface area contributed by atoms with Gasteiger partial charge in [-0.1, -0.05) is 30.3 Å². The molecule has 0 fully saturated rings. The zero-order valence-electron chi connectivity index (χ0n) is 23.6. The van der Waals surface area contributed by atoms with Gasteiger partial charge in [0.25, 0.3) is 0 Å². The molecule has 210 valence electrons. The zero-order chi connectivity index (χ0) is 28.8. The Morgan fingerprint density at radius 3 is 2.33 bits per heavy atom. The number of aliphatic imine (C=N–C) groups is 2. The molecule has 4 heterocycles. The molecule has 0 aliphatic carbocycles. The smallest absolute Gasteiger partial charge is 0.179 e. The van der Waals surface area contributed by atoms with Crippen LogP contribution in [0.25, 0.3) is 5.69 Å². The molecule has 0 bridgehead atoms. The van der Waals surface area contributed by atoms with Crippen LogP contribution in [0.5, 0.6) is 0 Å². The first-order valence-corrected chi connectivity index (χ1v) is 14.9. The molecule has 2 aliphatic rings. The van der Waals surface area contributed by atoms with Crippen LogP contribution in [-0.2, 0) is 0 Å². The Hall–Kier alpha value is -4.63. The van der Waals surface area contributed by atoms with Crippen LogP contribution in [0.1, 0.15) is 36.9 Å². The van der Waals surface area contributed by atoms with E-state index in [1.54, 1.807) is 0 Å². The van der Waals surface area contributed by atoms with Crippen molar-refractivity contribution in [3.05, 3.63) is 113 Å². The van der Waals surface area contributed by atoms with Crippen LogP contribution >= 0.6 is 15.9 Å². The minimum Gasteiger partial charge on any atom is -0.452 e. The number of aryl methyl sites for hydroxylation is 1. The number of fused-ring (bicyclic) bond motifs is 4. The van der Waals surface area contributed by atoms with Crippen LogP contribution in [0.4, 0.5) is 28.6 Å². The van der Waals surface area contributed by atoms with E-state index in [0.29, 0.717) is 16.3 Å². The predicted molar refractivity (Wildman–Crippen MR) is 173 cm³/mol. The Morgan fingerprint density at radius 2 is 1.62 bits per heavy atom. The van der Waals surface area contributed by atoms with E-state index in [-0.39, 0.29) is 6.04 Å². The lowest BCUT2D eigenvalue weighted by molar-refractivity contribution is 0.468. The highest BCUT2D eigenvalue weighted by Crippen LogP contribution is 2.48. The summed E-state index contributed by atoms with van der Waals surface area (Å²) in [6, 6.07) is 30.3. The molecule has 7 rings (SSSR count). The molecule has 0 spiro atoms. The van der Waals surface area contributed by atoms with Gasteiger partial charge in [0.15, 0.2) is 22.2 Å². The highest BCUT2D eigenvalue weighted by molar-refractivity contribution is 9.10. The summed E-state index contributed by atoms with van der Waals surface area (Å²) in [5, 5.41) is 8.56. The van der Waals surface area contributed by atoms with Crippen LogP contribution in [0, 0.1) is 6.92 Å². The van der Waals surface area contributed by atoms with Gasteiger partial charge < -0.3 is 19.5 Å². The maximum absolute atomic E-state index is 6.24. The van der Waals surface area contributed by atoms with Crippen LogP contribution < -0.4 is 15.1 Å². The fraction of sp³-hybridized carbons (Fsp3) is 0.182. The van der Waals surface area contributed by atoms with Crippen molar-refractivity contribution in [3.63, 3.8) is 0 Å². The molecule has 2 aliphatic heterocycles. The molecule has 5 aromatic rings. The molecule has 1 unspecified atom stereocenters. The summed E-state index contributed by atoms with van der Waals surface area (Å²) in [7, 11) is 0. The summed E-state index contributed by atoms with van der Waals surface area (Å²) in [6.45, 7) is 8.29. The minimum absolute atomic E-state index is 0.310. The van der Waals surface area contributed by atoms with Gasteiger partial charge in [-0.05, 0) is 97.4 Å². The molecule has 42 heavy (non-hydrogen) atoms. The van der Waals surface area contributed by atoms with Crippen molar-refractivity contribution in [2.45, 2.75) is 26.8 Å². The first kappa shape index (κ1) is 26.3. The van der Waals surface area contributed by atoms with Gasteiger partial charge in [0.05, 0.1) is 28.3 Å². The highest BCUT2D eigenvalue weighted by Gasteiger charge is 2.42. The molecule has 3 aromatic carbocycles. The third kappa shape index (κ3) is 4.41. The molecule has 0 amide bonds. The molecular formula is C33H30BrN7O. The number of furan rings is 1. The summed E-state index contributed by atoms with van der Waals surface area (Å²) in [5.41, 5.74) is 6.74. The third-order valence-corrected chi connectivity index (χ3v) is 8.19. The van der Waals surface area contributed by atoms with E-state index in [1.807, 2.05) is 72.3 Å². The number of halogens is 1. The second-order valence-corrected chi connectivity index (χ2v) is 11.0. The van der Waals surface area contributed by atoms with Crippen LogP contribution in [0.2, 0.25) is 0 Å². The number of amidine groups is 2. The van der Waals surface area contributed by atoms with Crippen LogP contribution in [0.15, 0.2) is 110 Å². The normalized spacial score (nSPS) is 15.3. The van der Waals surface area contributed by atoms with Crippen LogP contribution in [0.3, 0.4) is 0 Å². The number of hydrogen-bond acceptors (Lipinski definition) is 7. The zero-order valence-corrected chi connectivity index (χ0v) is 25.2. The van der Waals surface area contributed by atoms with Crippen molar-refractivity contribution in [3.8, 4) is 5.69 Å². The average Bonchev–Trinajstić information content (AvgIpc) is 3.60. The van der Waals surface area contributed by atoms with Gasteiger partial charge in [-0.15, -0.1) is 0 Å². The standard InChI is InChI=1S/C33H30BrN7O/c1-4-39(5-2)23-17-15-22(16-18-23)35-31-33-37-32-29(21(3)38-41(32)24-11-7-6-8-12-24)30(27-19-20-28(34)42-27)40(33)26-14-10-9-13-25(26)36-31/h6-20,30H,4-5H2,1-3H3,(H,35,36). The Kier molecular flexibility index (Phi) is 6.66. The SMILES string of the molecule is CCN(CC)c1ccc(NC2=Nc3ccccc3N3C2=Nc2c(c(C)nn2-c2ccccc2)C3c2ccc(Br)o2)cc1. The number of para-hydroxylation sites is 3. The number of nitrogens with zero attached hydrogens (tertiary/aromatic N) is 6. The predicted octanol–water partition coefficient (Wildman–Crippen LogP) is 8.18. The number of nitrogens with one attached hydrogen (secondary N) is 1. The molecule has 0 radical (unpaired) electrons. The van der Waals surface area contributed by atoms with Crippen molar-refractivity contribution in [1.82, 2.24) is 9.78 Å². The topological polar surface area (TPSA) is 74.2 Å². The highest BCUT2D eigenvalue weighted by atomic mass is 79.9. The number of benzene rings is 3. The molecule has 1 N–H and O–H groups in total. The minimum atomic E-state index is -0.310. The van der Waals surface area contributed by atoms with Gasteiger partial charge in [0.1, 0.15) is 11.8 Å². The average molecular weight is 621 g/mol. The largest absolute Gasteiger partial charge is 0.452 e. The number of rotatable bonds is 6. The van der Waals surface area contributed by atoms with Crippen molar-refractivity contribution in [2.24, 2.45) is 9.98 Å². The summed E-state index contributed by atoms with van der Waals surface area (Å²) in [6.07, 6.45) is 0. The lowest BCUT2D eigenvalue weighted by atomic mass is 9.98. The Balaban J connectivity index is 1.41. The first-order valence-electron chi connectivity index (χ1n) is 14.1. The Labute approximate surface area is 253 Å². The summed E-state index contributed by atoms with van der Waals surface area (Å²) < 4.78 is 8.82. The van der Waals surface area contributed by atoms with Gasteiger partial charge in [0.2, 0.25) is 0 Å². The maximum atomic E-state index is 6.24. The molecule has 9 heteroatoms. The second-order valence-electron chi connectivity index (χ2n) is 10.2. The van der Waals surface area contributed by atoms with E-state index in [2.05, 4.69) is 75.2 Å². The van der Waals surface area contributed by atoms with E-state index in [0.717, 1.165) is 58.7 Å². The fourth-order valence-corrected chi connectivity index (χ4v) is 6.09. The van der Waals surface area contributed by atoms with Crippen molar-refractivity contribution in [2.75, 3.05) is 28.2 Å². The molecule has 2 aromatic heterocycles. The number of anilines is 3. The first-order chi connectivity index (χ1) is 20.6. The van der Waals surface area contributed by atoms with Crippen molar-refractivity contribution >= 4 is 56.2 Å². The third-order valence-electron chi connectivity index (χ3n) is 7.76. The number of hydrogen-bond donors (Lipinski definition) is 1.